The van der Waals surface area contributed by atoms with Crippen LogP contribution in [-0.4, -0.2) is 15.9 Å². The van der Waals surface area contributed by atoms with Crippen molar-refractivity contribution in [1.29, 1.82) is 0 Å². The minimum absolute atomic E-state index is 0.309. The molecule has 0 radical (unpaired) electrons. The lowest BCUT2D eigenvalue weighted by atomic mass is 10.1. The molecule has 108 valence electrons. The summed E-state index contributed by atoms with van der Waals surface area (Å²) in [5, 5.41) is 0. The second kappa shape index (κ2) is 5.95. The van der Waals surface area contributed by atoms with Crippen molar-refractivity contribution in [3.63, 3.8) is 0 Å². The molecule has 0 amide bonds. The molecule has 1 heterocycles. The lowest BCUT2D eigenvalue weighted by Gasteiger charge is -2.02. The fourth-order valence-electron chi connectivity index (χ4n) is 2.53. The molecule has 3 rings (SSSR count). The van der Waals surface area contributed by atoms with Crippen molar-refractivity contribution >= 4 is 5.97 Å². The predicted octanol–water partition coefficient (Wildman–Crippen LogP) is 3.44. The first kappa shape index (κ1) is 13.6. The van der Waals surface area contributed by atoms with Crippen LogP contribution in [0.25, 0.3) is 11.4 Å². The molecule has 0 bridgehead atoms. The fraction of sp³-hybridized carbons (Fsp3) is 0.294. The van der Waals surface area contributed by atoms with E-state index in [1.165, 1.54) is 18.3 Å². The molecule has 0 saturated carbocycles. The summed E-state index contributed by atoms with van der Waals surface area (Å²) in [6.45, 7) is 1.40. The van der Waals surface area contributed by atoms with Crippen molar-refractivity contribution in [1.82, 2.24) is 9.97 Å². The predicted molar refractivity (Wildman–Crippen MR) is 81.1 cm³/mol. The molecule has 0 atom stereocenters. The highest BCUT2D eigenvalue weighted by atomic mass is 16.5. The van der Waals surface area contributed by atoms with Gasteiger partial charge in [-0.2, -0.15) is 0 Å². The van der Waals surface area contributed by atoms with Crippen LogP contribution < -0.4 is 4.74 Å². The van der Waals surface area contributed by atoms with Gasteiger partial charge in [0.15, 0.2) is 0 Å². The van der Waals surface area contributed by atoms with Crippen molar-refractivity contribution < 1.29 is 9.53 Å². The molecule has 0 saturated heterocycles. The van der Waals surface area contributed by atoms with Crippen molar-refractivity contribution in [2.75, 3.05) is 0 Å². The normalized spacial score (nSPS) is 15.7. The zero-order chi connectivity index (χ0) is 14.7. The average molecular weight is 282 g/mol. The molecule has 1 aliphatic rings. The van der Waals surface area contributed by atoms with E-state index in [0.29, 0.717) is 5.75 Å². The number of H-pyrrole nitrogens is 1. The molecule has 2 aromatic rings. The van der Waals surface area contributed by atoms with E-state index in [2.05, 4.69) is 17.1 Å². The first-order chi connectivity index (χ1) is 10.2. The van der Waals surface area contributed by atoms with Crippen LogP contribution >= 0.6 is 0 Å². The summed E-state index contributed by atoms with van der Waals surface area (Å²) in [4.78, 5) is 19.1. The molecule has 1 aromatic carbocycles. The molecule has 4 heteroatoms. The molecule has 1 aliphatic carbocycles. The monoisotopic (exact) mass is 282 g/mol. The van der Waals surface area contributed by atoms with Gasteiger partial charge in [0.05, 0.1) is 5.69 Å². The van der Waals surface area contributed by atoms with Crippen LogP contribution in [0, 0.1) is 0 Å². The quantitative estimate of drug-likeness (QED) is 0.521. The molecule has 0 aliphatic heterocycles. The number of benzene rings is 1. The molecule has 0 unspecified atom stereocenters. The molecule has 4 nitrogen and oxygen atoms in total. The first-order valence-electron chi connectivity index (χ1n) is 7.24. The number of fused-ring (bicyclic) bond motifs is 1. The zero-order valence-electron chi connectivity index (χ0n) is 12.1. The summed E-state index contributed by atoms with van der Waals surface area (Å²) >= 11 is 0. The van der Waals surface area contributed by atoms with Gasteiger partial charge in [-0.05, 0) is 49.9 Å². The summed E-state index contributed by atoms with van der Waals surface area (Å²) in [7, 11) is 0. The van der Waals surface area contributed by atoms with Gasteiger partial charge in [0, 0.05) is 18.2 Å². The van der Waals surface area contributed by atoms with E-state index in [0.717, 1.165) is 37.1 Å². The molecule has 1 aromatic heterocycles. The molecule has 1 N–H and O–H groups in total. The standard InChI is InChI=1S/C17H18N2O2/c1-12(20)21-14-10-8-13(9-11-14)17-18-15-6-4-2-3-5-7-16(15)19-17/h2-3,8-11H,4-7H2,1H3,(H,18,19)/b3-2+. The second-order valence-electron chi connectivity index (χ2n) is 5.18. The highest BCUT2D eigenvalue weighted by Gasteiger charge is 2.12. The van der Waals surface area contributed by atoms with Crippen LogP contribution in [0.4, 0.5) is 0 Å². The minimum atomic E-state index is -0.309. The van der Waals surface area contributed by atoms with Gasteiger partial charge in [0.1, 0.15) is 11.6 Å². The van der Waals surface area contributed by atoms with E-state index >= 15 is 0 Å². The number of aryl methyl sites for hydroxylation is 2. The maximum Gasteiger partial charge on any atom is 0.308 e. The van der Waals surface area contributed by atoms with Gasteiger partial charge in [-0.3, -0.25) is 4.79 Å². The van der Waals surface area contributed by atoms with Crippen molar-refractivity contribution in [2.45, 2.75) is 32.6 Å². The number of hydrogen-bond donors (Lipinski definition) is 1. The Morgan fingerprint density at radius 1 is 1.14 bits per heavy atom. The number of nitrogens with zero attached hydrogens (tertiary/aromatic N) is 1. The Kier molecular flexibility index (Phi) is 3.86. The van der Waals surface area contributed by atoms with Gasteiger partial charge in [-0.1, -0.05) is 12.2 Å². The Hall–Kier alpha value is -2.36. The summed E-state index contributed by atoms with van der Waals surface area (Å²) < 4.78 is 5.04. The smallest absolute Gasteiger partial charge is 0.308 e. The lowest BCUT2D eigenvalue weighted by molar-refractivity contribution is -0.131. The Labute approximate surface area is 123 Å². The third kappa shape index (κ3) is 3.21. The van der Waals surface area contributed by atoms with Crippen LogP contribution in [-0.2, 0) is 17.6 Å². The average Bonchev–Trinajstić information content (AvgIpc) is 2.81. The molecule has 0 spiro atoms. The molecule has 0 fully saturated rings. The molecular weight excluding hydrogens is 264 g/mol. The number of nitrogens with one attached hydrogen (secondary N) is 1. The van der Waals surface area contributed by atoms with Crippen LogP contribution in [0.15, 0.2) is 36.4 Å². The van der Waals surface area contributed by atoms with Gasteiger partial charge in [-0.15, -0.1) is 0 Å². The van der Waals surface area contributed by atoms with E-state index in [1.54, 1.807) is 12.1 Å². The number of ether oxygens (including phenoxy) is 1. The van der Waals surface area contributed by atoms with E-state index in [9.17, 15) is 4.79 Å². The maximum atomic E-state index is 10.9. The molecular formula is C17H18N2O2. The largest absolute Gasteiger partial charge is 0.427 e. The second-order valence-corrected chi connectivity index (χ2v) is 5.18. The SMILES string of the molecule is CC(=O)Oc1ccc(-c2nc3c([nH]2)CC/C=C/CC3)cc1. The van der Waals surface area contributed by atoms with E-state index in [4.69, 9.17) is 9.72 Å². The van der Waals surface area contributed by atoms with Crippen LogP contribution in [0.1, 0.15) is 31.2 Å². The first-order valence-corrected chi connectivity index (χ1v) is 7.24. The Morgan fingerprint density at radius 3 is 2.57 bits per heavy atom. The summed E-state index contributed by atoms with van der Waals surface area (Å²) in [6, 6.07) is 7.42. The number of rotatable bonds is 2. The van der Waals surface area contributed by atoms with Gasteiger partial charge in [0.2, 0.25) is 0 Å². The number of imidazole rings is 1. The van der Waals surface area contributed by atoms with Gasteiger partial charge in [0.25, 0.3) is 0 Å². The van der Waals surface area contributed by atoms with Crippen molar-refractivity contribution in [2.24, 2.45) is 0 Å². The third-order valence-corrected chi connectivity index (χ3v) is 3.53. The number of aromatic nitrogens is 2. The lowest BCUT2D eigenvalue weighted by Crippen LogP contribution is -2.00. The minimum Gasteiger partial charge on any atom is -0.427 e. The number of carbonyl (C=O) groups is 1. The number of carbonyl (C=O) groups excluding carboxylic acids is 1. The highest BCUT2D eigenvalue weighted by molar-refractivity contribution is 5.69. The van der Waals surface area contributed by atoms with Gasteiger partial charge < -0.3 is 9.72 Å². The van der Waals surface area contributed by atoms with E-state index in [1.807, 2.05) is 12.1 Å². The summed E-state index contributed by atoms with van der Waals surface area (Å²) in [5.74, 6) is 1.13. The fourth-order valence-corrected chi connectivity index (χ4v) is 2.53. The number of hydrogen-bond acceptors (Lipinski definition) is 3. The van der Waals surface area contributed by atoms with Crippen molar-refractivity contribution in [3.8, 4) is 17.1 Å². The van der Waals surface area contributed by atoms with E-state index in [-0.39, 0.29) is 5.97 Å². The Bertz CT molecular complexity index is 641. The van der Waals surface area contributed by atoms with Crippen LogP contribution in [0.5, 0.6) is 5.75 Å². The van der Waals surface area contributed by atoms with Crippen LogP contribution in [0.3, 0.4) is 0 Å². The Balaban J connectivity index is 1.83. The van der Waals surface area contributed by atoms with Gasteiger partial charge in [-0.25, -0.2) is 4.98 Å². The highest BCUT2D eigenvalue weighted by Crippen LogP contribution is 2.23. The summed E-state index contributed by atoms with van der Waals surface area (Å²) in [6.07, 6.45) is 8.55. The third-order valence-electron chi connectivity index (χ3n) is 3.53. The maximum absolute atomic E-state index is 10.9. The van der Waals surface area contributed by atoms with E-state index < -0.39 is 0 Å². The number of allylic oxidation sites excluding steroid dienone is 2. The molecule has 21 heavy (non-hydrogen) atoms. The number of aromatic amines is 1. The van der Waals surface area contributed by atoms with Crippen molar-refractivity contribution in [3.05, 3.63) is 47.8 Å². The topological polar surface area (TPSA) is 55.0 Å². The summed E-state index contributed by atoms with van der Waals surface area (Å²) in [5.41, 5.74) is 3.41. The zero-order valence-corrected chi connectivity index (χ0v) is 12.1. The van der Waals surface area contributed by atoms with Gasteiger partial charge >= 0.3 is 5.97 Å². The Morgan fingerprint density at radius 2 is 1.86 bits per heavy atom. The number of esters is 1. The van der Waals surface area contributed by atoms with Crippen LogP contribution in [0.2, 0.25) is 0 Å².